The van der Waals surface area contributed by atoms with Crippen molar-refractivity contribution in [2.24, 2.45) is 5.73 Å². The standard InChI is InChI=1S/C15H17N3OS/c1-15(2,3)14-13(20-18-17-14)12(16)11-8-9-6-4-5-7-10(9)19-11/h4-8,12H,16H2,1-3H3. The van der Waals surface area contributed by atoms with Crippen LogP contribution in [0.3, 0.4) is 0 Å². The molecule has 104 valence electrons. The lowest BCUT2D eigenvalue weighted by molar-refractivity contribution is 0.513. The molecule has 2 aromatic heterocycles. The monoisotopic (exact) mass is 287 g/mol. The highest BCUT2D eigenvalue weighted by atomic mass is 32.1. The second kappa shape index (κ2) is 4.68. The molecule has 2 heterocycles. The first-order chi connectivity index (χ1) is 9.47. The van der Waals surface area contributed by atoms with Gasteiger partial charge in [0.1, 0.15) is 17.4 Å². The highest BCUT2D eigenvalue weighted by Gasteiger charge is 2.27. The molecule has 1 unspecified atom stereocenters. The van der Waals surface area contributed by atoms with Gasteiger partial charge in [-0.3, -0.25) is 0 Å². The Kier molecular flexibility index (Phi) is 3.11. The zero-order chi connectivity index (χ0) is 14.3. The summed E-state index contributed by atoms with van der Waals surface area (Å²) in [6.45, 7) is 6.33. The van der Waals surface area contributed by atoms with Crippen LogP contribution in [0.1, 0.15) is 43.1 Å². The van der Waals surface area contributed by atoms with E-state index in [1.165, 1.54) is 11.5 Å². The normalized spacial score (nSPS) is 13.8. The van der Waals surface area contributed by atoms with E-state index in [2.05, 4.69) is 30.4 Å². The van der Waals surface area contributed by atoms with Crippen LogP contribution in [-0.4, -0.2) is 9.59 Å². The van der Waals surface area contributed by atoms with Crippen molar-refractivity contribution in [3.63, 3.8) is 0 Å². The lowest BCUT2D eigenvalue weighted by Crippen LogP contribution is -2.19. The van der Waals surface area contributed by atoms with Crippen LogP contribution in [0, 0.1) is 0 Å². The van der Waals surface area contributed by atoms with E-state index in [4.69, 9.17) is 10.2 Å². The van der Waals surface area contributed by atoms with Gasteiger partial charge in [0.05, 0.1) is 10.6 Å². The van der Waals surface area contributed by atoms with Crippen molar-refractivity contribution in [1.29, 1.82) is 0 Å². The summed E-state index contributed by atoms with van der Waals surface area (Å²) in [7, 11) is 0. The van der Waals surface area contributed by atoms with Gasteiger partial charge >= 0.3 is 0 Å². The molecule has 4 nitrogen and oxygen atoms in total. The quantitative estimate of drug-likeness (QED) is 0.781. The van der Waals surface area contributed by atoms with E-state index in [1.54, 1.807) is 0 Å². The Balaban J connectivity index is 2.04. The Morgan fingerprint density at radius 2 is 2.00 bits per heavy atom. The van der Waals surface area contributed by atoms with E-state index in [1.807, 2.05) is 30.3 Å². The summed E-state index contributed by atoms with van der Waals surface area (Å²) in [6, 6.07) is 9.58. The predicted molar refractivity (Wildman–Crippen MR) is 80.9 cm³/mol. The van der Waals surface area contributed by atoms with Crippen LogP contribution in [0.5, 0.6) is 0 Å². The van der Waals surface area contributed by atoms with E-state index in [0.29, 0.717) is 0 Å². The van der Waals surface area contributed by atoms with Crippen LogP contribution in [-0.2, 0) is 5.41 Å². The van der Waals surface area contributed by atoms with Gasteiger partial charge in [-0.2, -0.15) is 0 Å². The van der Waals surface area contributed by atoms with Crippen molar-refractivity contribution in [3.05, 3.63) is 46.7 Å². The molecule has 0 radical (unpaired) electrons. The number of fused-ring (bicyclic) bond motifs is 1. The maximum Gasteiger partial charge on any atom is 0.134 e. The van der Waals surface area contributed by atoms with E-state index in [0.717, 1.165) is 27.3 Å². The lowest BCUT2D eigenvalue weighted by atomic mass is 9.90. The largest absolute Gasteiger partial charge is 0.459 e. The van der Waals surface area contributed by atoms with Crippen LogP contribution in [0.2, 0.25) is 0 Å². The van der Waals surface area contributed by atoms with Gasteiger partial charge < -0.3 is 10.2 Å². The highest BCUT2D eigenvalue weighted by Crippen LogP contribution is 2.34. The minimum Gasteiger partial charge on any atom is -0.459 e. The third kappa shape index (κ3) is 2.23. The number of para-hydroxylation sites is 1. The SMILES string of the molecule is CC(C)(C)c1nnsc1C(N)c1cc2ccccc2o1. The summed E-state index contributed by atoms with van der Waals surface area (Å²) in [6.07, 6.45) is 0. The molecule has 1 atom stereocenters. The molecule has 0 aliphatic carbocycles. The molecule has 0 fully saturated rings. The maximum absolute atomic E-state index is 6.36. The molecule has 2 N–H and O–H groups in total. The summed E-state index contributed by atoms with van der Waals surface area (Å²) in [5.41, 5.74) is 8.08. The fourth-order valence-electron chi connectivity index (χ4n) is 2.21. The van der Waals surface area contributed by atoms with E-state index in [-0.39, 0.29) is 11.5 Å². The van der Waals surface area contributed by atoms with Crippen LogP contribution in [0.25, 0.3) is 11.0 Å². The van der Waals surface area contributed by atoms with Crippen molar-refractivity contribution >= 4 is 22.5 Å². The van der Waals surface area contributed by atoms with Crippen LogP contribution in [0.4, 0.5) is 0 Å². The summed E-state index contributed by atoms with van der Waals surface area (Å²) in [5, 5.41) is 5.30. The van der Waals surface area contributed by atoms with Gasteiger partial charge in [0.2, 0.25) is 0 Å². The molecule has 0 spiro atoms. The highest BCUT2D eigenvalue weighted by molar-refractivity contribution is 7.05. The van der Waals surface area contributed by atoms with Crippen LogP contribution < -0.4 is 5.73 Å². The van der Waals surface area contributed by atoms with Gasteiger partial charge in [-0.15, -0.1) is 5.10 Å². The van der Waals surface area contributed by atoms with Gasteiger partial charge in [0.25, 0.3) is 0 Å². The van der Waals surface area contributed by atoms with Crippen molar-refractivity contribution in [2.75, 3.05) is 0 Å². The topological polar surface area (TPSA) is 64.9 Å². The number of aromatic nitrogens is 2. The maximum atomic E-state index is 6.36. The van der Waals surface area contributed by atoms with Crippen molar-refractivity contribution in [2.45, 2.75) is 32.2 Å². The predicted octanol–water partition coefficient (Wildman–Crippen LogP) is 3.63. The molecular weight excluding hydrogens is 270 g/mol. The minimum absolute atomic E-state index is 0.0774. The molecule has 3 rings (SSSR count). The number of nitrogens with zero attached hydrogens (tertiary/aromatic N) is 2. The van der Waals surface area contributed by atoms with E-state index < -0.39 is 0 Å². The van der Waals surface area contributed by atoms with Gasteiger partial charge in [0.15, 0.2) is 0 Å². The fraction of sp³-hybridized carbons (Fsp3) is 0.333. The number of furan rings is 1. The average Bonchev–Trinajstić information content (AvgIpc) is 3.03. The van der Waals surface area contributed by atoms with Crippen molar-refractivity contribution in [1.82, 2.24) is 9.59 Å². The second-order valence-electron chi connectivity index (χ2n) is 5.90. The first-order valence-corrected chi connectivity index (χ1v) is 7.31. The molecule has 0 amide bonds. The Morgan fingerprint density at radius 1 is 1.25 bits per heavy atom. The Morgan fingerprint density at radius 3 is 2.70 bits per heavy atom. The van der Waals surface area contributed by atoms with Gasteiger partial charge in [-0.05, 0) is 23.7 Å². The Labute approximate surface area is 121 Å². The van der Waals surface area contributed by atoms with E-state index >= 15 is 0 Å². The smallest absolute Gasteiger partial charge is 0.134 e. The molecule has 0 aliphatic heterocycles. The number of hydrogen-bond donors (Lipinski definition) is 1. The molecule has 0 aliphatic rings. The van der Waals surface area contributed by atoms with Gasteiger partial charge in [0, 0.05) is 10.8 Å². The number of hydrogen-bond acceptors (Lipinski definition) is 5. The molecular formula is C15H17N3OS. The Bertz CT molecular complexity index is 706. The summed E-state index contributed by atoms with van der Waals surface area (Å²) in [5.74, 6) is 0.753. The molecule has 0 bridgehead atoms. The van der Waals surface area contributed by atoms with E-state index in [9.17, 15) is 0 Å². The fourth-order valence-corrected chi connectivity index (χ4v) is 3.08. The number of rotatable bonds is 2. The van der Waals surface area contributed by atoms with Gasteiger partial charge in [-0.1, -0.05) is 43.5 Å². The molecule has 20 heavy (non-hydrogen) atoms. The molecule has 0 saturated carbocycles. The average molecular weight is 287 g/mol. The third-order valence-electron chi connectivity index (χ3n) is 3.26. The molecule has 5 heteroatoms. The molecule has 0 saturated heterocycles. The number of nitrogens with two attached hydrogens (primary N) is 1. The second-order valence-corrected chi connectivity index (χ2v) is 6.69. The molecule has 1 aromatic carbocycles. The summed E-state index contributed by atoms with van der Waals surface area (Å²) >= 11 is 1.34. The Hall–Kier alpha value is -1.72. The minimum atomic E-state index is -0.323. The zero-order valence-electron chi connectivity index (χ0n) is 11.8. The first kappa shape index (κ1) is 13.3. The van der Waals surface area contributed by atoms with Crippen LogP contribution >= 0.6 is 11.5 Å². The zero-order valence-corrected chi connectivity index (χ0v) is 12.6. The van der Waals surface area contributed by atoms with Gasteiger partial charge in [-0.25, -0.2) is 0 Å². The third-order valence-corrected chi connectivity index (χ3v) is 4.06. The molecule has 3 aromatic rings. The van der Waals surface area contributed by atoms with Crippen molar-refractivity contribution < 1.29 is 4.42 Å². The summed E-state index contributed by atoms with van der Waals surface area (Å²) < 4.78 is 9.91. The van der Waals surface area contributed by atoms with Crippen LogP contribution in [0.15, 0.2) is 34.7 Å². The van der Waals surface area contributed by atoms with Crippen molar-refractivity contribution in [3.8, 4) is 0 Å². The lowest BCUT2D eigenvalue weighted by Gasteiger charge is -2.18. The summed E-state index contributed by atoms with van der Waals surface area (Å²) in [4.78, 5) is 0.969. The first-order valence-electron chi connectivity index (χ1n) is 6.53. The number of benzene rings is 1.